The highest BCUT2D eigenvalue weighted by Gasteiger charge is 2.35. The van der Waals surface area contributed by atoms with E-state index in [2.05, 4.69) is 26.0 Å². The van der Waals surface area contributed by atoms with E-state index in [1.54, 1.807) is 4.90 Å². The van der Waals surface area contributed by atoms with Crippen LogP contribution in [0.25, 0.3) is 0 Å². The van der Waals surface area contributed by atoms with Crippen molar-refractivity contribution in [1.82, 2.24) is 9.80 Å². The minimum absolute atomic E-state index is 0.101. The third-order valence-electron chi connectivity index (χ3n) is 4.09. The number of benzene rings is 1. The van der Waals surface area contributed by atoms with Crippen LogP contribution >= 0.6 is 0 Å². The van der Waals surface area contributed by atoms with E-state index in [0.29, 0.717) is 25.4 Å². The van der Waals surface area contributed by atoms with E-state index in [4.69, 9.17) is 0 Å². The maximum absolute atomic E-state index is 12.4. The van der Waals surface area contributed by atoms with Crippen LogP contribution in [0.2, 0.25) is 0 Å². The summed E-state index contributed by atoms with van der Waals surface area (Å²) in [5.74, 6) is 0.476. The molecule has 0 N–H and O–H groups in total. The molecule has 1 heterocycles. The molecule has 1 aromatic rings. The van der Waals surface area contributed by atoms with Crippen LogP contribution in [-0.4, -0.2) is 48.3 Å². The zero-order chi connectivity index (χ0) is 16.1. The fourth-order valence-corrected chi connectivity index (χ4v) is 3.01. The number of amides is 2. The molecule has 0 saturated carbocycles. The molecule has 0 radical (unpaired) electrons. The Morgan fingerprint density at radius 1 is 1.32 bits per heavy atom. The Hall–Kier alpha value is -1.84. The van der Waals surface area contributed by atoms with Gasteiger partial charge < -0.3 is 9.80 Å². The number of nitrogens with zero attached hydrogens (tertiary/aromatic N) is 2. The molecule has 4 heteroatoms. The molecule has 1 fully saturated rings. The van der Waals surface area contributed by atoms with Crippen molar-refractivity contribution in [1.29, 1.82) is 0 Å². The van der Waals surface area contributed by atoms with E-state index in [1.165, 1.54) is 5.56 Å². The standard InChI is InChI=1S/C18H26N2O2/c1-14(2)12-19(3)18(22)16-11-17(21)20(13-16)10-9-15-7-5-4-6-8-15/h4-8,14,16H,9-13H2,1-3H3. The lowest BCUT2D eigenvalue weighted by atomic mass is 10.1. The summed E-state index contributed by atoms with van der Waals surface area (Å²) in [6.45, 7) is 6.19. The van der Waals surface area contributed by atoms with Gasteiger partial charge in [0.1, 0.15) is 0 Å². The second-order valence-electron chi connectivity index (χ2n) is 6.59. The Kier molecular flexibility index (Phi) is 5.58. The van der Waals surface area contributed by atoms with Gasteiger partial charge in [0.15, 0.2) is 0 Å². The van der Waals surface area contributed by atoms with Gasteiger partial charge in [-0.15, -0.1) is 0 Å². The van der Waals surface area contributed by atoms with Crippen molar-refractivity contribution in [3.05, 3.63) is 35.9 Å². The lowest BCUT2D eigenvalue weighted by Crippen LogP contribution is -2.37. The van der Waals surface area contributed by atoms with Crippen LogP contribution in [-0.2, 0) is 16.0 Å². The van der Waals surface area contributed by atoms with Crippen molar-refractivity contribution in [3.63, 3.8) is 0 Å². The van der Waals surface area contributed by atoms with Crippen LogP contribution < -0.4 is 0 Å². The fourth-order valence-electron chi connectivity index (χ4n) is 3.01. The first-order valence-corrected chi connectivity index (χ1v) is 8.04. The minimum Gasteiger partial charge on any atom is -0.345 e. The van der Waals surface area contributed by atoms with Crippen molar-refractivity contribution in [2.75, 3.05) is 26.7 Å². The average molecular weight is 302 g/mol. The lowest BCUT2D eigenvalue weighted by molar-refractivity contribution is -0.135. The Morgan fingerprint density at radius 2 is 2.00 bits per heavy atom. The molecule has 1 unspecified atom stereocenters. The Labute approximate surface area is 133 Å². The lowest BCUT2D eigenvalue weighted by Gasteiger charge is -2.23. The third kappa shape index (κ3) is 4.33. The maximum atomic E-state index is 12.4. The van der Waals surface area contributed by atoms with E-state index in [-0.39, 0.29) is 17.7 Å². The highest BCUT2D eigenvalue weighted by atomic mass is 16.2. The molecule has 0 bridgehead atoms. The average Bonchev–Trinajstić information content (AvgIpc) is 2.86. The summed E-state index contributed by atoms with van der Waals surface area (Å²) in [5.41, 5.74) is 1.22. The molecule has 0 spiro atoms. The molecule has 0 aromatic heterocycles. The van der Waals surface area contributed by atoms with E-state index in [1.807, 2.05) is 30.1 Å². The van der Waals surface area contributed by atoms with Crippen molar-refractivity contribution >= 4 is 11.8 Å². The van der Waals surface area contributed by atoms with Gasteiger partial charge in [0.05, 0.1) is 5.92 Å². The number of rotatable bonds is 6. The maximum Gasteiger partial charge on any atom is 0.227 e. The van der Waals surface area contributed by atoms with Gasteiger partial charge in [-0.3, -0.25) is 9.59 Å². The van der Waals surface area contributed by atoms with Crippen LogP contribution in [0.15, 0.2) is 30.3 Å². The fraction of sp³-hybridized carbons (Fsp3) is 0.556. The van der Waals surface area contributed by atoms with Crippen LogP contribution in [0.5, 0.6) is 0 Å². The highest BCUT2D eigenvalue weighted by molar-refractivity contribution is 5.89. The van der Waals surface area contributed by atoms with E-state index >= 15 is 0 Å². The van der Waals surface area contributed by atoms with Crippen LogP contribution in [0, 0.1) is 11.8 Å². The van der Waals surface area contributed by atoms with E-state index in [0.717, 1.165) is 13.0 Å². The monoisotopic (exact) mass is 302 g/mol. The molecule has 22 heavy (non-hydrogen) atoms. The van der Waals surface area contributed by atoms with E-state index < -0.39 is 0 Å². The highest BCUT2D eigenvalue weighted by Crippen LogP contribution is 2.20. The smallest absolute Gasteiger partial charge is 0.227 e. The van der Waals surface area contributed by atoms with Gasteiger partial charge in [0.2, 0.25) is 11.8 Å². The number of carbonyl (C=O) groups excluding carboxylic acids is 2. The first-order chi connectivity index (χ1) is 10.5. The molecule has 4 nitrogen and oxygen atoms in total. The van der Waals surface area contributed by atoms with Crippen molar-refractivity contribution in [2.24, 2.45) is 11.8 Å². The topological polar surface area (TPSA) is 40.6 Å². The first kappa shape index (κ1) is 16.5. The van der Waals surface area contributed by atoms with Gasteiger partial charge in [-0.05, 0) is 17.9 Å². The zero-order valence-corrected chi connectivity index (χ0v) is 13.8. The van der Waals surface area contributed by atoms with Crippen molar-refractivity contribution in [3.8, 4) is 0 Å². The van der Waals surface area contributed by atoms with Crippen molar-refractivity contribution < 1.29 is 9.59 Å². The molecule has 120 valence electrons. The SMILES string of the molecule is CC(C)CN(C)C(=O)C1CC(=O)N(CCc2ccccc2)C1. The Balaban J connectivity index is 1.86. The predicted octanol–water partition coefficient (Wildman–Crippen LogP) is 2.19. The molecule has 2 amide bonds. The largest absolute Gasteiger partial charge is 0.345 e. The quantitative estimate of drug-likeness (QED) is 0.808. The molecule has 1 aliphatic heterocycles. The molecule has 2 rings (SSSR count). The van der Waals surface area contributed by atoms with Gasteiger partial charge in [0, 0.05) is 33.1 Å². The van der Waals surface area contributed by atoms with Crippen LogP contribution in [0.3, 0.4) is 0 Å². The molecule has 1 saturated heterocycles. The summed E-state index contributed by atoms with van der Waals surface area (Å²) in [6.07, 6.45) is 1.20. The molecule has 0 aliphatic carbocycles. The minimum atomic E-state index is -0.174. The molecular weight excluding hydrogens is 276 g/mol. The predicted molar refractivity (Wildman–Crippen MR) is 87.3 cm³/mol. The summed E-state index contributed by atoms with van der Waals surface area (Å²) in [5, 5.41) is 0. The van der Waals surface area contributed by atoms with Gasteiger partial charge in [-0.2, -0.15) is 0 Å². The zero-order valence-electron chi connectivity index (χ0n) is 13.8. The van der Waals surface area contributed by atoms with E-state index in [9.17, 15) is 9.59 Å². The van der Waals surface area contributed by atoms with Crippen molar-refractivity contribution in [2.45, 2.75) is 26.7 Å². The Bertz CT molecular complexity index is 513. The summed E-state index contributed by atoms with van der Waals surface area (Å²) < 4.78 is 0. The number of hydrogen-bond acceptors (Lipinski definition) is 2. The summed E-state index contributed by atoms with van der Waals surface area (Å²) >= 11 is 0. The molecule has 1 aromatic carbocycles. The van der Waals surface area contributed by atoms with Gasteiger partial charge in [0.25, 0.3) is 0 Å². The second-order valence-corrected chi connectivity index (χ2v) is 6.59. The normalized spacial score (nSPS) is 18.1. The van der Waals surface area contributed by atoms with Crippen LogP contribution in [0.1, 0.15) is 25.8 Å². The third-order valence-corrected chi connectivity index (χ3v) is 4.09. The van der Waals surface area contributed by atoms with Gasteiger partial charge >= 0.3 is 0 Å². The molecule has 1 aliphatic rings. The Morgan fingerprint density at radius 3 is 2.64 bits per heavy atom. The summed E-state index contributed by atoms with van der Waals surface area (Å²) in [6, 6.07) is 10.1. The molecule has 1 atom stereocenters. The summed E-state index contributed by atoms with van der Waals surface area (Å²) in [7, 11) is 1.83. The van der Waals surface area contributed by atoms with Gasteiger partial charge in [-0.1, -0.05) is 44.2 Å². The number of carbonyl (C=O) groups is 2. The molecular formula is C18H26N2O2. The summed E-state index contributed by atoms with van der Waals surface area (Å²) in [4.78, 5) is 28.1. The number of likely N-dealkylation sites (tertiary alicyclic amines) is 1. The van der Waals surface area contributed by atoms with Crippen LogP contribution in [0.4, 0.5) is 0 Å². The second kappa shape index (κ2) is 7.43. The first-order valence-electron chi connectivity index (χ1n) is 8.04. The number of hydrogen-bond donors (Lipinski definition) is 0. The van der Waals surface area contributed by atoms with Gasteiger partial charge in [-0.25, -0.2) is 0 Å².